The Labute approximate surface area is 247 Å². The normalized spacial score (nSPS) is 21.1. The van der Waals surface area contributed by atoms with Crippen LogP contribution in [0, 0.1) is 11.7 Å². The maximum Gasteiger partial charge on any atom is 0.225 e. The zero-order chi connectivity index (χ0) is 28.5. The van der Waals surface area contributed by atoms with Crippen molar-refractivity contribution in [1.29, 1.82) is 0 Å². The molecule has 1 unspecified atom stereocenters. The molecule has 1 aliphatic heterocycles. The van der Waals surface area contributed by atoms with Gasteiger partial charge < -0.3 is 21.3 Å². The number of anilines is 4. The number of hydrogen-bond donors (Lipinski definition) is 3. The monoisotopic (exact) mass is 596 g/mol. The lowest BCUT2D eigenvalue weighted by atomic mass is 9.85. The summed E-state index contributed by atoms with van der Waals surface area (Å²) in [5.41, 5.74) is 8.40. The Morgan fingerprint density at radius 2 is 1.76 bits per heavy atom. The Balaban J connectivity index is 1.31. The van der Waals surface area contributed by atoms with E-state index in [0.717, 1.165) is 38.8 Å². The zero-order valence-corrected chi connectivity index (χ0v) is 23.9. The van der Waals surface area contributed by atoms with Gasteiger partial charge in [0.1, 0.15) is 11.3 Å². The molecule has 41 heavy (non-hydrogen) atoms. The van der Waals surface area contributed by atoms with Crippen LogP contribution in [0.3, 0.4) is 0 Å². The van der Waals surface area contributed by atoms with Gasteiger partial charge in [-0.1, -0.05) is 41.4 Å². The molecule has 214 valence electrons. The van der Waals surface area contributed by atoms with E-state index in [1.54, 1.807) is 6.20 Å². The second kappa shape index (κ2) is 11.7. The lowest BCUT2D eigenvalue weighted by Gasteiger charge is -2.34. The number of carbonyl (C=O) groups is 1. The summed E-state index contributed by atoms with van der Waals surface area (Å²) in [6, 6.07) is 13.0. The number of aromatic nitrogens is 4. The minimum atomic E-state index is -0.529. The summed E-state index contributed by atoms with van der Waals surface area (Å²) in [5, 5.41) is 7.03. The van der Waals surface area contributed by atoms with Gasteiger partial charge in [-0.25, -0.2) is 14.4 Å². The largest absolute Gasteiger partial charge is 0.369 e. The van der Waals surface area contributed by atoms with Gasteiger partial charge in [0, 0.05) is 36.8 Å². The van der Waals surface area contributed by atoms with Crippen LogP contribution < -0.4 is 21.3 Å². The number of halogens is 3. The molecule has 2 aliphatic rings. The maximum atomic E-state index is 13.9. The van der Waals surface area contributed by atoms with E-state index in [2.05, 4.69) is 44.8 Å². The third-order valence-electron chi connectivity index (χ3n) is 8.02. The molecule has 2 aromatic carbocycles. The second-order valence-corrected chi connectivity index (χ2v) is 11.6. The highest BCUT2D eigenvalue weighted by Crippen LogP contribution is 2.39. The summed E-state index contributed by atoms with van der Waals surface area (Å²) >= 11 is 12.7. The van der Waals surface area contributed by atoms with Crippen molar-refractivity contribution in [2.24, 2.45) is 11.7 Å². The fraction of sp³-hybridized carbons (Fsp3) is 0.379. The molecule has 9 nitrogen and oxygen atoms in total. The van der Waals surface area contributed by atoms with Crippen molar-refractivity contribution < 1.29 is 9.18 Å². The molecular formula is C29H31Cl2FN8O. The molecule has 1 amide bonds. The third-order valence-corrected chi connectivity index (χ3v) is 8.61. The first-order valence-electron chi connectivity index (χ1n) is 13.9. The van der Waals surface area contributed by atoms with Gasteiger partial charge in [0.25, 0.3) is 0 Å². The number of imidazole rings is 1. The third kappa shape index (κ3) is 5.90. The summed E-state index contributed by atoms with van der Waals surface area (Å²) in [4.78, 5) is 28.5. The molecule has 12 heteroatoms. The SMILES string of the molecule is NC(=O)C1CCC(n2c(Nc3c(Cl)cc(F)cc3Cl)nc3cnc(NC4CCCN(c5ccccc5)C4)nc32)CC1. The Bertz CT molecular complexity index is 1530. The van der Waals surface area contributed by atoms with E-state index in [9.17, 15) is 9.18 Å². The van der Waals surface area contributed by atoms with E-state index in [1.165, 1.54) is 17.8 Å². The number of para-hydroxylation sites is 1. The van der Waals surface area contributed by atoms with E-state index in [-0.39, 0.29) is 34.0 Å². The number of primary amides is 1. The number of nitrogens with zero attached hydrogens (tertiary/aromatic N) is 5. The fourth-order valence-corrected chi connectivity index (χ4v) is 6.49. The topological polar surface area (TPSA) is 114 Å². The van der Waals surface area contributed by atoms with E-state index in [0.29, 0.717) is 41.6 Å². The van der Waals surface area contributed by atoms with Gasteiger partial charge in [-0.2, -0.15) is 4.98 Å². The molecule has 1 atom stereocenters. The Morgan fingerprint density at radius 1 is 1.02 bits per heavy atom. The Kier molecular flexibility index (Phi) is 7.86. The van der Waals surface area contributed by atoms with E-state index >= 15 is 0 Å². The molecule has 4 N–H and O–H groups in total. The molecule has 3 heterocycles. The minimum Gasteiger partial charge on any atom is -0.369 e. The molecule has 1 saturated carbocycles. The number of nitrogens with one attached hydrogen (secondary N) is 2. The summed E-state index contributed by atoms with van der Waals surface area (Å²) in [7, 11) is 0. The van der Waals surface area contributed by atoms with Crippen LogP contribution in [0.4, 0.5) is 27.7 Å². The quantitative estimate of drug-likeness (QED) is 0.229. The minimum absolute atomic E-state index is 0.00195. The highest BCUT2D eigenvalue weighted by Gasteiger charge is 2.30. The predicted octanol–water partition coefficient (Wildman–Crippen LogP) is 6.31. The number of carbonyl (C=O) groups excluding carboxylic acids is 1. The second-order valence-electron chi connectivity index (χ2n) is 10.8. The first kappa shape index (κ1) is 27.5. The van der Waals surface area contributed by atoms with Crippen LogP contribution in [0.2, 0.25) is 10.0 Å². The van der Waals surface area contributed by atoms with E-state index in [1.807, 2.05) is 10.6 Å². The first-order chi connectivity index (χ1) is 19.9. The average molecular weight is 598 g/mol. The van der Waals surface area contributed by atoms with Gasteiger partial charge in [0.15, 0.2) is 5.65 Å². The molecule has 0 bridgehead atoms. The lowest BCUT2D eigenvalue weighted by molar-refractivity contribution is -0.122. The maximum absolute atomic E-state index is 13.9. The van der Waals surface area contributed by atoms with Crippen LogP contribution in [-0.2, 0) is 4.79 Å². The molecule has 0 spiro atoms. The van der Waals surface area contributed by atoms with Crippen LogP contribution in [0.25, 0.3) is 11.2 Å². The van der Waals surface area contributed by atoms with Gasteiger partial charge in [-0.3, -0.25) is 9.36 Å². The van der Waals surface area contributed by atoms with Crippen LogP contribution in [0.15, 0.2) is 48.7 Å². The predicted molar refractivity (Wildman–Crippen MR) is 161 cm³/mol. The molecule has 2 fully saturated rings. The van der Waals surface area contributed by atoms with Crippen LogP contribution >= 0.6 is 23.2 Å². The van der Waals surface area contributed by atoms with Gasteiger partial charge >= 0.3 is 0 Å². The first-order valence-corrected chi connectivity index (χ1v) is 14.6. The zero-order valence-electron chi connectivity index (χ0n) is 22.4. The number of piperidine rings is 1. The highest BCUT2D eigenvalue weighted by atomic mass is 35.5. The van der Waals surface area contributed by atoms with Gasteiger partial charge in [-0.05, 0) is 62.8 Å². The van der Waals surface area contributed by atoms with Crippen LogP contribution in [0.5, 0.6) is 0 Å². The van der Waals surface area contributed by atoms with Gasteiger partial charge in [0.2, 0.25) is 17.8 Å². The standard InChI is InChI=1S/C29H31Cl2FN8O/c30-22-13-18(32)14-23(31)25(22)37-29-36-24-15-34-28(35-19-5-4-12-39(16-19)20-6-2-1-3-7-20)38-27(24)40(29)21-10-8-17(9-11-21)26(33)41/h1-3,6-7,13-15,17,19,21H,4-5,8-12,16H2,(H2,33,41)(H,36,37)(H,34,35,38). The number of fused-ring (bicyclic) bond motifs is 1. The van der Waals surface area contributed by atoms with Crippen molar-refractivity contribution in [2.45, 2.75) is 50.6 Å². The molecule has 1 saturated heterocycles. The number of amides is 1. The summed E-state index contributed by atoms with van der Waals surface area (Å²) in [6.07, 6.45) is 6.56. The number of hydrogen-bond acceptors (Lipinski definition) is 7. The van der Waals surface area contributed by atoms with Crippen molar-refractivity contribution in [2.75, 3.05) is 28.6 Å². The Morgan fingerprint density at radius 3 is 2.46 bits per heavy atom. The van der Waals surface area contributed by atoms with Crippen molar-refractivity contribution in [3.63, 3.8) is 0 Å². The van der Waals surface area contributed by atoms with Crippen molar-refractivity contribution in [1.82, 2.24) is 19.5 Å². The summed E-state index contributed by atoms with van der Waals surface area (Å²) in [6.45, 7) is 1.85. The van der Waals surface area contributed by atoms with E-state index < -0.39 is 5.82 Å². The van der Waals surface area contributed by atoms with E-state index in [4.69, 9.17) is 38.9 Å². The van der Waals surface area contributed by atoms with Crippen molar-refractivity contribution >= 4 is 63.5 Å². The van der Waals surface area contributed by atoms with Gasteiger partial charge in [-0.15, -0.1) is 0 Å². The molecule has 4 aromatic rings. The van der Waals surface area contributed by atoms with Crippen molar-refractivity contribution in [3.8, 4) is 0 Å². The van der Waals surface area contributed by atoms with Gasteiger partial charge in [0.05, 0.1) is 21.9 Å². The lowest BCUT2D eigenvalue weighted by Crippen LogP contribution is -2.42. The Hall–Kier alpha value is -3.63. The number of nitrogens with two attached hydrogens (primary N) is 1. The molecule has 2 aromatic heterocycles. The summed E-state index contributed by atoms with van der Waals surface area (Å²) < 4.78 is 15.9. The average Bonchev–Trinajstić information content (AvgIpc) is 3.33. The van der Waals surface area contributed by atoms with Crippen LogP contribution in [0.1, 0.15) is 44.6 Å². The highest BCUT2D eigenvalue weighted by molar-refractivity contribution is 6.39. The summed E-state index contributed by atoms with van der Waals surface area (Å²) in [5.74, 6) is 0.0437. The number of rotatable bonds is 7. The van der Waals surface area contributed by atoms with Crippen molar-refractivity contribution in [3.05, 3.63) is 64.5 Å². The molecular weight excluding hydrogens is 566 g/mol. The molecule has 1 aliphatic carbocycles. The molecule has 6 rings (SSSR count). The molecule has 0 radical (unpaired) electrons. The fourth-order valence-electron chi connectivity index (χ4n) is 5.94. The number of benzene rings is 2. The smallest absolute Gasteiger partial charge is 0.225 e. The van der Waals surface area contributed by atoms with Crippen LogP contribution in [-0.4, -0.2) is 44.6 Å².